The Morgan fingerprint density at radius 3 is 2.50 bits per heavy atom. The molecule has 132 valence electrons. The van der Waals surface area contributed by atoms with Crippen molar-refractivity contribution in [1.82, 2.24) is 5.43 Å². The molecule has 1 aromatic rings. The maximum absolute atomic E-state index is 14.1. The monoisotopic (exact) mass is 366 g/mol. The van der Waals surface area contributed by atoms with Crippen LogP contribution in [0.1, 0.15) is 25.7 Å². The minimum atomic E-state index is -4.69. The molecule has 1 amide bonds. The van der Waals surface area contributed by atoms with Crippen molar-refractivity contribution in [3.8, 4) is 5.75 Å². The summed E-state index contributed by atoms with van der Waals surface area (Å²) >= 11 is 5.96. The summed E-state index contributed by atoms with van der Waals surface area (Å²) in [6, 6.07) is 2.11. The number of carbonyl (C=O) groups excluding carboxylic acids is 1. The zero-order valence-electron chi connectivity index (χ0n) is 12.5. The Bertz CT molecular complexity index is 647. The molecule has 1 atom stereocenters. The standard InChI is InChI=1S/C15H15ClF4N2O2/c16-10-5-11(17)12(6-13(10)24-8-3-1-2-4-8)22-14(23)9(7-21-22)15(18,19)20/h5-6,8-9,21H,1-4,7H2. The number of benzene rings is 1. The molecule has 1 unspecified atom stereocenters. The average Bonchev–Trinajstić information content (AvgIpc) is 3.11. The highest BCUT2D eigenvalue weighted by molar-refractivity contribution is 6.32. The Kier molecular flexibility index (Phi) is 4.61. The molecule has 1 aliphatic carbocycles. The maximum Gasteiger partial charge on any atom is 0.401 e. The van der Waals surface area contributed by atoms with Crippen LogP contribution in [0.2, 0.25) is 5.02 Å². The second-order valence-electron chi connectivity index (χ2n) is 5.89. The molecule has 2 fully saturated rings. The van der Waals surface area contributed by atoms with Gasteiger partial charge in [-0.2, -0.15) is 13.2 Å². The van der Waals surface area contributed by atoms with Gasteiger partial charge in [-0.25, -0.2) is 14.8 Å². The Morgan fingerprint density at radius 1 is 1.25 bits per heavy atom. The molecule has 0 radical (unpaired) electrons. The fourth-order valence-electron chi connectivity index (χ4n) is 2.93. The van der Waals surface area contributed by atoms with E-state index in [1.165, 1.54) is 6.07 Å². The fourth-order valence-corrected chi connectivity index (χ4v) is 3.12. The quantitative estimate of drug-likeness (QED) is 0.827. The number of hydrogen-bond acceptors (Lipinski definition) is 3. The first-order valence-corrected chi connectivity index (χ1v) is 7.95. The average molecular weight is 367 g/mol. The van der Waals surface area contributed by atoms with Gasteiger partial charge in [0.05, 0.1) is 11.1 Å². The number of halogens is 5. The summed E-state index contributed by atoms with van der Waals surface area (Å²) in [5.74, 6) is -4.20. The van der Waals surface area contributed by atoms with Crippen molar-refractivity contribution in [1.29, 1.82) is 0 Å². The Morgan fingerprint density at radius 2 is 1.92 bits per heavy atom. The van der Waals surface area contributed by atoms with E-state index in [0.717, 1.165) is 31.7 Å². The highest BCUT2D eigenvalue weighted by Gasteiger charge is 2.51. The van der Waals surface area contributed by atoms with Crippen LogP contribution in [0.25, 0.3) is 0 Å². The molecular weight excluding hydrogens is 352 g/mol. The summed E-state index contributed by atoms with van der Waals surface area (Å²) in [6.45, 7) is -0.636. The molecule has 9 heteroatoms. The number of nitrogens with zero attached hydrogens (tertiary/aromatic N) is 1. The van der Waals surface area contributed by atoms with Gasteiger partial charge in [-0.05, 0) is 31.7 Å². The number of hydrazine groups is 1. The first-order valence-electron chi connectivity index (χ1n) is 7.57. The van der Waals surface area contributed by atoms with E-state index in [1.807, 2.05) is 0 Å². The van der Waals surface area contributed by atoms with Crippen molar-refractivity contribution in [3.05, 3.63) is 23.0 Å². The number of rotatable bonds is 3. The van der Waals surface area contributed by atoms with Gasteiger partial charge in [0, 0.05) is 12.6 Å². The molecule has 24 heavy (non-hydrogen) atoms. The lowest BCUT2D eigenvalue weighted by atomic mass is 10.1. The summed E-state index contributed by atoms with van der Waals surface area (Å²) in [7, 11) is 0. The molecule has 1 N–H and O–H groups in total. The summed E-state index contributed by atoms with van der Waals surface area (Å²) in [4.78, 5) is 11.9. The number of amides is 1. The maximum atomic E-state index is 14.1. The molecular formula is C15H15ClF4N2O2. The van der Waals surface area contributed by atoms with Gasteiger partial charge in [-0.1, -0.05) is 11.6 Å². The van der Waals surface area contributed by atoms with Gasteiger partial charge >= 0.3 is 6.18 Å². The van der Waals surface area contributed by atoms with Gasteiger partial charge in [0.2, 0.25) is 0 Å². The highest BCUT2D eigenvalue weighted by Crippen LogP contribution is 2.38. The van der Waals surface area contributed by atoms with E-state index in [0.29, 0.717) is 5.01 Å². The van der Waals surface area contributed by atoms with E-state index < -0.39 is 30.4 Å². The minimum absolute atomic E-state index is 0.0159. The van der Waals surface area contributed by atoms with E-state index in [4.69, 9.17) is 16.3 Å². The third-order valence-electron chi connectivity index (χ3n) is 4.21. The summed E-state index contributed by atoms with van der Waals surface area (Å²) in [5, 5.41) is 0.591. The van der Waals surface area contributed by atoms with Crippen LogP contribution in [0.4, 0.5) is 23.2 Å². The molecule has 3 rings (SSSR count). The van der Waals surface area contributed by atoms with Gasteiger partial charge in [0.15, 0.2) is 0 Å². The Hall–Kier alpha value is -1.54. The second-order valence-corrected chi connectivity index (χ2v) is 6.30. The van der Waals surface area contributed by atoms with E-state index in [2.05, 4.69) is 5.43 Å². The van der Waals surface area contributed by atoms with Crippen LogP contribution in [0.3, 0.4) is 0 Å². The van der Waals surface area contributed by atoms with Crippen LogP contribution < -0.4 is 15.2 Å². The fraction of sp³-hybridized carbons (Fsp3) is 0.533. The Balaban J connectivity index is 1.86. The van der Waals surface area contributed by atoms with Crippen LogP contribution >= 0.6 is 11.6 Å². The normalized spacial score (nSPS) is 22.5. The summed E-state index contributed by atoms with van der Waals surface area (Å²) < 4.78 is 58.2. The molecule has 0 aromatic heterocycles. The van der Waals surface area contributed by atoms with Crippen LogP contribution in [-0.4, -0.2) is 24.7 Å². The van der Waals surface area contributed by atoms with Crippen LogP contribution in [0.5, 0.6) is 5.75 Å². The lowest BCUT2D eigenvalue weighted by molar-refractivity contribution is -0.174. The van der Waals surface area contributed by atoms with Crippen LogP contribution in [0.15, 0.2) is 12.1 Å². The van der Waals surface area contributed by atoms with Crippen molar-refractivity contribution >= 4 is 23.2 Å². The molecule has 1 saturated heterocycles. The van der Waals surface area contributed by atoms with Crippen LogP contribution in [-0.2, 0) is 4.79 Å². The largest absolute Gasteiger partial charge is 0.489 e. The van der Waals surface area contributed by atoms with Crippen molar-refractivity contribution in [2.75, 3.05) is 11.6 Å². The Labute approximate surface area is 140 Å². The van der Waals surface area contributed by atoms with E-state index in [1.54, 1.807) is 0 Å². The smallest absolute Gasteiger partial charge is 0.401 e. The van der Waals surface area contributed by atoms with Gasteiger partial charge in [-0.3, -0.25) is 4.79 Å². The summed E-state index contributed by atoms with van der Waals surface area (Å²) in [6.07, 6.45) is -1.07. The molecule has 0 bridgehead atoms. The zero-order chi connectivity index (χ0) is 17.5. The first kappa shape index (κ1) is 17.3. The molecule has 2 aliphatic rings. The number of anilines is 1. The van der Waals surface area contributed by atoms with Gasteiger partial charge in [-0.15, -0.1) is 0 Å². The van der Waals surface area contributed by atoms with Crippen molar-refractivity contribution in [2.45, 2.75) is 38.0 Å². The van der Waals surface area contributed by atoms with Gasteiger partial charge in [0.1, 0.15) is 23.2 Å². The lowest BCUT2D eigenvalue weighted by Crippen LogP contribution is -2.37. The lowest BCUT2D eigenvalue weighted by Gasteiger charge is -2.21. The molecule has 1 heterocycles. The number of hydrogen-bond donors (Lipinski definition) is 1. The molecule has 1 aliphatic heterocycles. The third-order valence-corrected chi connectivity index (χ3v) is 4.50. The third kappa shape index (κ3) is 3.30. The molecule has 1 saturated carbocycles. The van der Waals surface area contributed by atoms with Gasteiger partial charge in [0.25, 0.3) is 5.91 Å². The minimum Gasteiger partial charge on any atom is -0.489 e. The van der Waals surface area contributed by atoms with E-state index >= 15 is 0 Å². The number of carbonyl (C=O) groups is 1. The first-order chi connectivity index (χ1) is 11.3. The highest BCUT2D eigenvalue weighted by atomic mass is 35.5. The number of nitrogens with one attached hydrogen (secondary N) is 1. The molecule has 0 spiro atoms. The molecule has 1 aromatic carbocycles. The van der Waals surface area contributed by atoms with Crippen LogP contribution in [0, 0.1) is 11.7 Å². The van der Waals surface area contributed by atoms with Crippen molar-refractivity contribution < 1.29 is 27.1 Å². The van der Waals surface area contributed by atoms with Crippen molar-refractivity contribution in [2.24, 2.45) is 5.92 Å². The van der Waals surface area contributed by atoms with E-state index in [9.17, 15) is 22.4 Å². The zero-order valence-corrected chi connectivity index (χ0v) is 13.3. The predicted molar refractivity (Wildman–Crippen MR) is 79.3 cm³/mol. The number of ether oxygens (including phenoxy) is 1. The van der Waals surface area contributed by atoms with E-state index in [-0.39, 0.29) is 22.6 Å². The number of alkyl halides is 3. The topological polar surface area (TPSA) is 41.6 Å². The predicted octanol–water partition coefficient (Wildman–Crippen LogP) is 3.83. The second kappa shape index (κ2) is 6.40. The van der Waals surface area contributed by atoms with Gasteiger partial charge < -0.3 is 4.74 Å². The SMILES string of the molecule is O=C1C(C(F)(F)F)CNN1c1cc(OC2CCCC2)c(Cl)cc1F. The van der Waals surface area contributed by atoms with Crippen molar-refractivity contribution in [3.63, 3.8) is 0 Å². The molecule has 4 nitrogen and oxygen atoms in total. The summed E-state index contributed by atoms with van der Waals surface area (Å²) in [5.41, 5.74) is 1.96.